The first-order chi connectivity index (χ1) is 9.54. The van der Waals surface area contributed by atoms with Crippen molar-refractivity contribution in [1.82, 2.24) is 4.90 Å². The molecular weight excluding hydrogens is 269 g/mol. The number of carbonyl (C=O) groups is 1. The van der Waals surface area contributed by atoms with Gasteiger partial charge >= 0.3 is 0 Å². The minimum Gasteiger partial charge on any atom is -0.335 e. The first-order valence-corrected chi connectivity index (χ1v) is 6.70. The Hall–Kier alpha value is -1.56. The Morgan fingerprint density at radius 1 is 1.25 bits per heavy atom. The molecule has 20 heavy (non-hydrogen) atoms. The maximum absolute atomic E-state index is 13.7. The summed E-state index contributed by atoms with van der Waals surface area (Å²) in [6.45, 7) is 0.850. The molecule has 1 unspecified atom stereocenters. The lowest BCUT2D eigenvalue weighted by Crippen LogP contribution is -2.45. The van der Waals surface area contributed by atoms with Crippen LogP contribution in [0.4, 0.5) is 13.2 Å². The molecule has 0 aliphatic carbocycles. The molecule has 3 nitrogen and oxygen atoms in total. The molecule has 1 aromatic carbocycles. The molecule has 2 rings (SSSR count). The van der Waals surface area contributed by atoms with E-state index in [1.165, 1.54) is 4.90 Å². The van der Waals surface area contributed by atoms with Gasteiger partial charge in [-0.15, -0.1) is 0 Å². The normalized spacial score (nSPS) is 19.2. The van der Waals surface area contributed by atoms with Gasteiger partial charge in [-0.25, -0.2) is 13.2 Å². The van der Waals surface area contributed by atoms with Gasteiger partial charge in [0.25, 0.3) is 5.91 Å². The van der Waals surface area contributed by atoms with Crippen molar-refractivity contribution in [2.45, 2.75) is 31.7 Å². The lowest BCUT2D eigenvalue weighted by molar-refractivity contribution is 0.0595. The molecule has 1 aliphatic rings. The van der Waals surface area contributed by atoms with Crippen LogP contribution in [0, 0.1) is 17.5 Å². The SMILES string of the molecule is NCCC1CCCCN1C(=O)c1c(F)cc(F)cc1F. The van der Waals surface area contributed by atoms with E-state index in [2.05, 4.69) is 0 Å². The van der Waals surface area contributed by atoms with Crippen LogP contribution in [0.2, 0.25) is 0 Å². The summed E-state index contributed by atoms with van der Waals surface area (Å²) in [6, 6.07) is 0.946. The van der Waals surface area contributed by atoms with Gasteiger partial charge in [-0.2, -0.15) is 0 Å². The molecule has 1 amide bonds. The fraction of sp³-hybridized carbons (Fsp3) is 0.500. The summed E-state index contributed by atoms with van der Waals surface area (Å²) in [5.74, 6) is -4.08. The molecule has 0 radical (unpaired) electrons. The van der Waals surface area contributed by atoms with Crippen LogP contribution in [0.5, 0.6) is 0 Å². The van der Waals surface area contributed by atoms with Crippen LogP contribution in [0.25, 0.3) is 0 Å². The summed E-state index contributed by atoms with van der Waals surface area (Å²) < 4.78 is 40.2. The Balaban J connectivity index is 2.30. The first-order valence-electron chi connectivity index (χ1n) is 6.70. The molecule has 1 fully saturated rings. The van der Waals surface area contributed by atoms with Crippen molar-refractivity contribution in [3.63, 3.8) is 0 Å². The zero-order valence-electron chi connectivity index (χ0n) is 11.0. The van der Waals surface area contributed by atoms with Crippen molar-refractivity contribution >= 4 is 5.91 Å². The Morgan fingerprint density at radius 3 is 2.50 bits per heavy atom. The molecule has 6 heteroatoms. The van der Waals surface area contributed by atoms with Gasteiger partial charge in [0.15, 0.2) is 0 Å². The van der Waals surface area contributed by atoms with Gasteiger partial charge < -0.3 is 10.6 Å². The predicted molar refractivity (Wildman–Crippen MR) is 68.7 cm³/mol. The standard InChI is InChI=1S/C14H17F3N2O/c15-9-7-11(16)13(12(17)8-9)14(20)19-6-2-1-3-10(19)4-5-18/h7-8,10H,1-6,18H2. The number of benzene rings is 1. The summed E-state index contributed by atoms with van der Waals surface area (Å²) in [4.78, 5) is 13.8. The largest absolute Gasteiger partial charge is 0.335 e. The topological polar surface area (TPSA) is 46.3 Å². The van der Waals surface area contributed by atoms with E-state index in [1.807, 2.05) is 0 Å². The molecule has 1 atom stereocenters. The third kappa shape index (κ3) is 2.95. The highest BCUT2D eigenvalue weighted by Crippen LogP contribution is 2.24. The highest BCUT2D eigenvalue weighted by molar-refractivity contribution is 5.95. The molecule has 110 valence electrons. The Kier molecular flexibility index (Phi) is 4.65. The number of carbonyl (C=O) groups excluding carboxylic acids is 1. The van der Waals surface area contributed by atoms with Gasteiger partial charge in [-0.1, -0.05) is 0 Å². The number of amides is 1. The second kappa shape index (κ2) is 6.26. The number of likely N-dealkylation sites (tertiary alicyclic amines) is 1. The Labute approximate surface area is 115 Å². The van der Waals surface area contributed by atoms with Crippen LogP contribution in [0.15, 0.2) is 12.1 Å². The van der Waals surface area contributed by atoms with E-state index in [0.29, 0.717) is 31.6 Å². The number of halogens is 3. The molecule has 0 saturated carbocycles. The van der Waals surface area contributed by atoms with Gasteiger partial charge in [-0.05, 0) is 32.2 Å². The molecule has 1 saturated heterocycles. The number of hydrogen-bond acceptors (Lipinski definition) is 2. The number of rotatable bonds is 3. The van der Waals surface area contributed by atoms with Crippen LogP contribution in [-0.2, 0) is 0 Å². The summed E-state index contributed by atoms with van der Waals surface area (Å²) in [6.07, 6.45) is 3.11. The van der Waals surface area contributed by atoms with E-state index in [9.17, 15) is 18.0 Å². The zero-order chi connectivity index (χ0) is 14.7. The minimum atomic E-state index is -1.16. The van der Waals surface area contributed by atoms with E-state index in [0.717, 1.165) is 19.3 Å². The maximum Gasteiger partial charge on any atom is 0.260 e. The smallest absolute Gasteiger partial charge is 0.260 e. The highest BCUT2D eigenvalue weighted by atomic mass is 19.1. The van der Waals surface area contributed by atoms with E-state index in [4.69, 9.17) is 5.73 Å². The molecule has 0 aromatic heterocycles. The average molecular weight is 286 g/mol. The van der Waals surface area contributed by atoms with Crippen molar-refractivity contribution in [2.75, 3.05) is 13.1 Å². The van der Waals surface area contributed by atoms with E-state index < -0.39 is 28.9 Å². The number of nitrogens with two attached hydrogens (primary N) is 1. The monoisotopic (exact) mass is 286 g/mol. The fourth-order valence-corrected chi connectivity index (χ4v) is 2.65. The number of piperidine rings is 1. The van der Waals surface area contributed by atoms with E-state index in [1.54, 1.807) is 0 Å². The highest BCUT2D eigenvalue weighted by Gasteiger charge is 2.30. The number of nitrogens with zero attached hydrogens (tertiary/aromatic N) is 1. The lowest BCUT2D eigenvalue weighted by atomic mass is 9.98. The summed E-state index contributed by atoms with van der Waals surface area (Å²) >= 11 is 0. The van der Waals surface area contributed by atoms with Crippen molar-refractivity contribution in [3.8, 4) is 0 Å². The van der Waals surface area contributed by atoms with Gasteiger partial charge in [0.05, 0.1) is 0 Å². The van der Waals surface area contributed by atoms with Crippen LogP contribution < -0.4 is 5.73 Å². The van der Waals surface area contributed by atoms with Crippen molar-refractivity contribution in [2.24, 2.45) is 5.73 Å². The molecule has 0 spiro atoms. The first kappa shape index (κ1) is 14.8. The Bertz CT molecular complexity index is 482. The Morgan fingerprint density at radius 2 is 1.90 bits per heavy atom. The van der Waals surface area contributed by atoms with Crippen molar-refractivity contribution in [1.29, 1.82) is 0 Å². The van der Waals surface area contributed by atoms with Crippen LogP contribution >= 0.6 is 0 Å². The molecule has 0 bridgehead atoms. The van der Waals surface area contributed by atoms with Gasteiger partial charge in [0, 0.05) is 24.7 Å². The third-order valence-corrected chi connectivity index (χ3v) is 3.61. The van der Waals surface area contributed by atoms with Crippen LogP contribution in [0.1, 0.15) is 36.0 Å². The molecule has 1 aromatic rings. The zero-order valence-corrected chi connectivity index (χ0v) is 11.0. The van der Waals surface area contributed by atoms with Crippen LogP contribution in [-0.4, -0.2) is 29.9 Å². The average Bonchev–Trinajstić information content (AvgIpc) is 2.38. The second-order valence-electron chi connectivity index (χ2n) is 4.97. The third-order valence-electron chi connectivity index (χ3n) is 3.61. The van der Waals surface area contributed by atoms with Gasteiger partial charge in [0.1, 0.15) is 23.0 Å². The van der Waals surface area contributed by atoms with Gasteiger partial charge in [0.2, 0.25) is 0 Å². The number of hydrogen-bond donors (Lipinski definition) is 1. The maximum atomic E-state index is 13.7. The van der Waals surface area contributed by atoms with E-state index >= 15 is 0 Å². The fourth-order valence-electron chi connectivity index (χ4n) is 2.65. The van der Waals surface area contributed by atoms with Crippen molar-refractivity contribution < 1.29 is 18.0 Å². The lowest BCUT2D eigenvalue weighted by Gasteiger charge is -2.35. The summed E-state index contributed by atoms with van der Waals surface area (Å²) in [5, 5.41) is 0. The van der Waals surface area contributed by atoms with Gasteiger partial charge in [-0.3, -0.25) is 4.79 Å². The molecule has 1 aliphatic heterocycles. The van der Waals surface area contributed by atoms with Crippen molar-refractivity contribution in [3.05, 3.63) is 35.1 Å². The van der Waals surface area contributed by atoms with Crippen LogP contribution in [0.3, 0.4) is 0 Å². The quantitative estimate of drug-likeness (QED) is 0.927. The predicted octanol–water partition coefficient (Wildman–Crippen LogP) is 2.45. The molecular formula is C14H17F3N2O. The second-order valence-corrected chi connectivity index (χ2v) is 4.97. The molecule has 1 heterocycles. The summed E-state index contributed by atoms with van der Waals surface area (Å²) in [7, 11) is 0. The van der Waals surface area contributed by atoms with E-state index in [-0.39, 0.29) is 6.04 Å². The molecule has 2 N–H and O–H groups in total. The minimum absolute atomic E-state index is 0.106. The summed E-state index contributed by atoms with van der Waals surface area (Å²) in [5.41, 5.74) is 4.82.